The van der Waals surface area contributed by atoms with E-state index in [4.69, 9.17) is 4.74 Å². The third kappa shape index (κ3) is 5.80. The van der Waals surface area contributed by atoms with Gasteiger partial charge in [0.2, 0.25) is 10.0 Å². The van der Waals surface area contributed by atoms with Crippen LogP contribution in [0.25, 0.3) is 0 Å². The van der Waals surface area contributed by atoms with Gasteiger partial charge in [0.25, 0.3) is 5.91 Å². The summed E-state index contributed by atoms with van der Waals surface area (Å²) in [7, 11) is -3.68. The Balaban J connectivity index is 2.24. The molecule has 2 aromatic carbocycles. The van der Waals surface area contributed by atoms with Gasteiger partial charge in [-0.05, 0) is 57.5 Å². The summed E-state index contributed by atoms with van der Waals surface area (Å²) in [6.07, 6.45) is 0.634. The molecule has 0 spiro atoms. The molecule has 0 saturated heterocycles. The van der Waals surface area contributed by atoms with Gasteiger partial charge in [-0.15, -0.1) is 0 Å². The number of sulfonamides is 1. The lowest BCUT2D eigenvalue weighted by molar-refractivity contribution is 0.102. The molecule has 1 atom stereocenters. The number of nitrogens with one attached hydrogen (secondary N) is 2. The fraction of sp³-hybridized carbons (Fsp3) is 0.350. The van der Waals surface area contributed by atoms with Crippen LogP contribution in [0.1, 0.15) is 44.5 Å². The maximum atomic E-state index is 12.6. The number of para-hydroxylation sites is 2. The Morgan fingerprint density at radius 3 is 2.44 bits per heavy atom. The first kappa shape index (κ1) is 20.9. The lowest BCUT2D eigenvalue weighted by Gasteiger charge is -2.15. The molecule has 1 amide bonds. The van der Waals surface area contributed by atoms with Crippen molar-refractivity contribution in [1.82, 2.24) is 4.72 Å². The molecule has 2 aromatic rings. The Hall–Kier alpha value is -2.38. The molecule has 7 heteroatoms. The first-order valence-electron chi connectivity index (χ1n) is 8.92. The Morgan fingerprint density at radius 1 is 1.07 bits per heavy atom. The molecule has 0 bridgehead atoms. The van der Waals surface area contributed by atoms with Crippen LogP contribution >= 0.6 is 0 Å². The Morgan fingerprint density at radius 2 is 1.78 bits per heavy atom. The molecule has 146 valence electrons. The average Bonchev–Trinajstić information content (AvgIpc) is 2.62. The maximum Gasteiger partial charge on any atom is 0.255 e. The minimum Gasteiger partial charge on any atom is -0.489 e. The molecule has 2 N–H and O–H groups in total. The topological polar surface area (TPSA) is 84.5 Å². The molecule has 27 heavy (non-hydrogen) atoms. The van der Waals surface area contributed by atoms with Crippen LogP contribution in [-0.4, -0.2) is 26.5 Å². The quantitative estimate of drug-likeness (QED) is 0.718. The second kappa shape index (κ2) is 9.01. The zero-order chi connectivity index (χ0) is 20.0. The van der Waals surface area contributed by atoms with Gasteiger partial charge in [0.15, 0.2) is 0 Å². The maximum absolute atomic E-state index is 12.6. The van der Waals surface area contributed by atoms with Gasteiger partial charge < -0.3 is 10.1 Å². The number of amides is 1. The van der Waals surface area contributed by atoms with Crippen molar-refractivity contribution in [3.63, 3.8) is 0 Å². The smallest absolute Gasteiger partial charge is 0.255 e. The molecular formula is C20H26N2O4S. The second-order valence-corrected chi connectivity index (χ2v) is 8.29. The number of ether oxygens (including phenoxy) is 1. The molecule has 2 rings (SSSR count). The van der Waals surface area contributed by atoms with Crippen LogP contribution in [0.4, 0.5) is 5.69 Å². The van der Waals surface area contributed by atoms with E-state index in [0.29, 0.717) is 17.9 Å². The molecule has 1 unspecified atom stereocenters. The van der Waals surface area contributed by atoms with Crippen molar-refractivity contribution in [3.8, 4) is 5.75 Å². The summed E-state index contributed by atoms with van der Waals surface area (Å²) in [4.78, 5) is 12.7. The fourth-order valence-corrected chi connectivity index (χ4v) is 3.71. The van der Waals surface area contributed by atoms with Crippen LogP contribution in [0.15, 0.2) is 53.4 Å². The fourth-order valence-electron chi connectivity index (χ4n) is 2.34. The standard InChI is InChI=1S/C20H26N2O4S/c1-5-15(4)22-27(24,25)17-10-8-9-16(13-17)20(23)21-18-11-6-7-12-19(18)26-14(2)3/h6-15,22H,5H2,1-4H3,(H,21,23). The summed E-state index contributed by atoms with van der Waals surface area (Å²) in [6.45, 7) is 7.49. The van der Waals surface area contributed by atoms with E-state index in [-0.39, 0.29) is 22.6 Å². The number of carbonyl (C=O) groups excluding carboxylic acids is 1. The zero-order valence-corrected chi connectivity index (χ0v) is 16.8. The third-order valence-electron chi connectivity index (χ3n) is 3.87. The molecule has 0 aliphatic heterocycles. The summed E-state index contributed by atoms with van der Waals surface area (Å²) < 4.78 is 33.2. The van der Waals surface area contributed by atoms with Gasteiger partial charge in [-0.25, -0.2) is 13.1 Å². The molecule has 0 aromatic heterocycles. The van der Waals surface area contributed by atoms with Gasteiger partial charge >= 0.3 is 0 Å². The molecule has 0 aliphatic carbocycles. The first-order valence-corrected chi connectivity index (χ1v) is 10.4. The molecular weight excluding hydrogens is 364 g/mol. The van der Waals surface area contributed by atoms with Gasteiger partial charge in [0.1, 0.15) is 5.75 Å². The lowest BCUT2D eigenvalue weighted by Crippen LogP contribution is -2.32. The molecule has 0 saturated carbocycles. The van der Waals surface area contributed by atoms with E-state index in [2.05, 4.69) is 10.0 Å². The Labute approximate surface area is 161 Å². The van der Waals surface area contributed by atoms with E-state index in [0.717, 1.165) is 0 Å². The van der Waals surface area contributed by atoms with Crippen LogP contribution < -0.4 is 14.8 Å². The highest BCUT2D eigenvalue weighted by molar-refractivity contribution is 7.89. The van der Waals surface area contributed by atoms with Crippen molar-refractivity contribution in [2.45, 2.75) is 51.2 Å². The number of hydrogen-bond acceptors (Lipinski definition) is 4. The largest absolute Gasteiger partial charge is 0.489 e. The van der Waals surface area contributed by atoms with Gasteiger partial charge in [-0.3, -0.25) is 4.79 Å². The van der Waals surface area contributed by atoms with Gasteiger partial charge in [-0.1, -0.05) is 25.1 Å². The van der Waals surface area contributed by atoms with Crippen molar-refractivity contribution in [1.29, 1.82) is 0 Å². The van der Waals surface area contributed by atoms with Gasteiger partial charge in [0.05, 0.1) is 16.7 Å². The van der Waals surface area contributed by atoms with Crippen molar-refractivity contribution in [2.24, 2.45) is 0 Å². The normalized spacial score (nSPS) is 12.6. The highest BCUT2D eigenvalue weighted by Gasteiger charge is 2.19. The molecule has 0 aliphatic rings. The van der Waals surface area contributed by atoms with Crippen LogP contribution in [0.5, 0.6) is 5.75 Å². The lowest BCUT2D eigenvalue weighted by atomic mass is 10.2. The van der Waals surface area contributed by atoms with Crippen molar-refractivity contribution in [2.75, 3.05) is 5.32 Å². The summed E-state index contributed by atoms with van der Waals surface area (Å²) in [5.74, 6) is 0.151. The number of rotatable bonds is 8. The summed E-state index contributed by atoms with van der Waals surface area (Å²) in [5.41, 5.74) is 0.781. The van der Waals surface area contributed by atoms with Crippen LogP contribution in [0.2, 0.25) is 0 Å². The predicted molar refractivity (Wildman–Crippen MR) is 107 cm³/mol. The highest BCUT2D eigenvalue weighted by atomic mass is 32.2. The van der Waals surface area contributed by atoms with Gasteiger partial charge in [0, 0.05) is 11.6 Å². The second-order valence-electron chi connectivity index (χ2n) is 6.58. The Bertz CT molecular complexity index is 894. The van der Waals surface area contributed by atoms with Crippen molar-refractivity contribution in [3.05, 3.63) is 54.1 Å². The van der Waals surface area contributed by atoms with E-state index in [1.54, 1.807) is 37.3 Å². The minimum atomic E-state index is -3.68. The van der Waals surface area contributed by atoms with E-state index < -0.39 is 15.9 Å². The van der Waals surface area contributed by atoms with Crippen LogP contribution in [-0.2, 0) is 10.0 Å². The average molecular weight is 391 g/mol. The van der Waals surface area contributed by atoms with Gasteiger partial charge in [-0.2, -0.15) is 0 Å². The number of hydrogen-bond donors (Lipinski definition) is 2. The minimum absolute atomic E-state index is 0.0387. The summed E-state index contributed by atoms with van der Waals surface area (Å²) in [5, 5.41) is 2.78. The SMILES string of the molecule is CCC(C)NS(=O)(=O)c1cccc(C(=O)Nc2ccccc2OC(C)C)c1. The summed E-state index contributed by atoms with van der Waals surface area (Å²) in [6, 6.07) is 12.9. The van der Waals surface area contributed by atoms with Crippen molar-refractivity contribution >= 4 is 21.6 Å². The molecule has 0 heterocycles. The highest BCUT2D eigenvalue weighted by Crippen LogP contribution is 2.25. The monoisotopic (exact) mass is 390 g/mol. The third-order valence-corrected chi connectivity index (χ3v) is 5.46. The van der Waals surface area contributed by atoms with E-state index >= 15 is 0 Å². The van der Waals surface area contributed by atoms with E-state index in [1.807, 2.05) is 26.8 Å². The number of carbonyl (C=O) groups is 1. The summed E-state index contributed by atoms with van der Waals surface area (Å²) >= 11 is 0. The molecule has 0 fully saturated rings. The Kier molecular flexibility index (Phi) is 6.98. The zero-order valence-electron chi connectivity index (χ0n) is 16.0. The number of anilines is 1. The molecule has 6 nitrogen and oxygen atoms in total. The van der Waals surface area contributed by atoms with E-state index in [9.17, 15) is 13.2 Å². The predicted octanol–water partition coefficient (Wildman–Crippen LogP) is 3.80. The number of benzene rings is 2. The first-order chi connectivity index (χ1) is 12.7. The van der Waals surface area contributed by atoms with Crippen molar-refractivity contribution < 1.29 is 17.9 Å². The van der Waals surface area contributed by atoms with E-state index in [1.165, 1.54) is 12.1 Å². The van der Waals surface area contributed by atoms with Crippen LogP contribution in [0.3, 0.4) is 0 Å². The van der Waals surface area contributed by atoms with Crippen LogP contribution in [0, 0.1) is 0 Å². The molecule has 0 radical (unpaired) electrons.